The SMILES string of the molecule is CCCNC(C)(CO)CCCCN1CCn2cnnc2C1. The van der Waals surface area contributed by atoms with E-state index in [0.29, 0.717) is 0 Å². The number of aliphatic hydroxyl groups is 1. The Hall–Kier alpha value is -0.980. The molecule has 0 radical (unpaired) electrons. The van der Waals surface area contributed by atoms with E-state index < -0.39 is 0 Å². The molecule has 0 fully saturated rings. The maximum absolute atomic E-state index is 9.55. The predicted octanol–water partition coefficient (Wildman–Crippen LogP) is 1.01. The molecule has 0 bridgehead atoms. The molecule has 1 atom stereocenters. The number of fused-ring (bicyclic) bond motifs is 1. The Bertz CT molecular complexity index is 422. The summed E-state index contributed by atoms with van der Waals surface area (Å²) in [5.41, 5.74) is -0.127. The van der Waals surface area contributed by atoms with Crippen molar-refractivity contribution in [2.24, 2.45) is 0 Å². The van der Waals surface area contributed by atoms with E-state index in [4.69, 9.17) is 0 Å². The lowest BCUT2D eigenvalue weighted by molar-refractivity contribution is 0.158. The monoisotopic (exact) mass is 295 g/mol. The maximum atomic E-state index is 9.55. The molecule has 21 heavy (non-hydrogen) atoms. The summed E-state index contributed by atoms with van der Waals surface area (Å²) in [6, 6.07) is 0. The zero-order valence-corrected chi connectivity index (χ0v) is 13.4. The molecule has 1 aliphatic heterocycles. The molecule has 6 heteroatoms. The summed E-state index contributed by atoms with van der Waals surface area (Å²) in [6.07, 6.45) is 6.24. The third kappa shape index (κ3) is 4.76. The normalized spacial score (nSPS) is 18.4. The van der Waals surface area contributed by atoms with Crippen molar-refractivity contribution in [3.63, 3.8) is 0 Å². The molecule has 2 heterocycles. The van der Waals surface area contributed by atoms with E-state index in [2.05, 4.69) is 38.8 Å². The highest BCUT2D eigenvalue weighted by molar-refractivity contribution is 4.90. The smallest absolute Gasteiger partial charge is 0.147 e. The molecule has 0 aromatic carbocycles. The summed E-state index contributed by atoms with van der Waals surface area (Å²) in [5, 5.41) is 21.1. The van der Waals surface area contributed by atoms with E-state index in [1.165, 1.54) is 0 Å². The van der Waals surface area contributed by atoms with Crippen LogP contribution in [0.25, 0.3) is 0 Å². The van der Waals surface area contributed by atoms with Gasteiger partial charge in [-0.15, -0.1) is 10.2 Å². The van der Waals surface area contributed by atoms with E-state index in [0.717, 1.165) is 64.2 Å². The second kappa shape index (κ2) is 7.87. The maximum Gasteiger partial charge on any atom is 0.147 e. The summed E-state index contributed by atoms with van der Waals surface area (Å²) >= 11 is 0. The molecule has 0 spiro atoms. The van der Waals surface area contributed by atoms with Gasteiger partial charge in [-0.25, -0.2) is 0 Å². The number of unbranched alkanes of at least 4 members (excludes halogenated alkanes) is 1. The lowest BCUT2D eigenvalue weighted by Crippen LogP contribution is -2.46. The zero-order valence-electron chi connectivity index (χ0n) is 13.4. The van der Waals surface area contributed by atoms with Crippen molar-refractivity contribution in [2.45, 2.75) is 58.2 Å². The second-order valence-corrected chi connectivity index (χ2v) is 6.32. The van der Waals surface area contributed by atoms with Gasteiger partial charge < -0.3 is 15.0 Å². The van der Waals surface area contributed by atoms with Crippen molar-refractivity contribution in [3.8, 4) is 0 Å². The van der Waals surface area contributed by atoms with Gasteiger partial charge in [0.1, 0.15) is 12.2 Å². The molecule has 1 aliphatic rings. The summed E-state index contributed by atoms with van der Waals surface area (Å²) in [7, 11) is 0. The van der Waals surface area contributed by atoms with Gasteiger partial charge in [-0.2, -0.15) is 0 Å². The van der Waals surface area contributed by atoms with Gasteiger partial charge in [-0.05, 0) is 39.3 Å². The summed E-state index contributed by atoms with van der Waals surface area (Å²) < 4.78 is 2.13. The topological polar surface area (TPSA) is 66.2 Å². The molecule has 120 valence electrons. The average molecular weight is 295 g/mol. The Morgan fingerprint density at radius 2 is 2.24 bits per heavy atom. The molecular weight excluding hydrogens is 266 g/mol. The fourth-order valence-electron chi connectivity index (χ4n) is 2.81. The molecule has 0 amide bonds. The van der Waals surface area contributed by atoms with Gasteiger partial charge in [0.15, 0.2) is 0 Å². The van der Waals surface area contributed by atoms with Gasteiger partial charge in [-0.1, -0.05) is 13.3 Å². The molecular formula is C15H29N5O. The fraction of sp³-hybridized carbons (Fsp3) is 0.867. The second-order valence-electron chi connectivity index (χ2n) is 6.32. The first-order valence-corrected chi connectivity index (χ1v) is 8.12. The predicted molar refractivity (Wildman–Crippen MR) is 82.9 cm³/mol. The highest BCUT2D eigenvalue weighted by Gasteiger charge is 2.22. The highest BCUT2D eigenvalue weighted by atomic mass is 16.3. The molecule has 2 rings (SSSR count). The fourth-order valence-corrected chi connectivity index (χ4v) is 2.81. The minimum Gasteiger partial charge on any atom is -0.394 e. The van der Waals surface area contributed by atoms with Crippen molar-refractivity contribution < 1.29 is 5.11 Å². The largest absolute Gasteiger partial charge is 0.394 e. The number of hydrogen-bond donors (Lipinski definition) is 2. The van der Waals surface area contributed by atoms with Crippen LogP contribution in [-0.2, 0) is 13.1 Å². The van der Waals surface area contributed by atoms with Crippen LogP contribution in [-0.4, -0.2) is 56.6 Å². The minimum absolute atomic E-state index is 0.127. The highest BCUT2D eigenvalue weighted by Crippen LogP contribution is 2.15. The minimum atomic E-state index is -0.127. The number of hydrogen-bond acceptors (Lipinski definition) is 5. The Morgan fingerprint density at radius 3 is 3.00 bits per heavy atom. The van der Waals surface area contributed by atoms with Gasteiger partial charge in [0.05, 0.1) is 13.2 Å². The molecule has 0 saturated heterocycles. The van der Waals surface area contributed by atoms with Crippen molar-refractivity contribution in [1.29, 1.82) is 0 Å². The Labute approximate surface area is 127 Å². The van der Waals surface area contributed by atoms with E-state index >= 15 is 0 Å². The molecule has 0 saturated carbocycles. The molecule has 1 aromatic heterocycles. The standard InChI is InChI=1S/C15H29N5O/c1-3-7-16-15(2,12-21)6-4-5-8-19-9-10-20-13-17-18-14(20)11-19/h13,16,21H,3-12H2,1-2H3. The lowest BCUT2D eigenvalue weighted by atomic mass is 9.95. The average Bonchev–Trinajstić information content (AvgIpc) is 2.97. The summed E-state index contributed by atoms with van der Waals surface area (Å²) in [5.74, 6) is 1.08. The first-order chi connectivity index (χ1) is 10.2. The van der Waals surface area contributed by atoms with Crippen molar-refractivity contribution >= 4 is 0 Å². The van der Waals surface area contributed by atoms with Gasteiger partial charge >= 0.3 is 0 Å². The van der Waals surface area contributed by atoms with Gasteiger partial charge in [-0.3, -0.25) is 4.90 Å². The third-order valence-electron chi connectivity index (χ3n) is 4.32. The molecule has 0 aliphatic carbocycles. The van der Waals surface area contributed by atoms with Crippen LogP contribution >= 0.6 is 0 Å². The van der Waals surface area contributed by atoms with E-state index in [9.17, 15) is 5.11 Å². The van der Waals surface area contributed by atoms with E-state index in [1.54, 1.807) is 0 Å². The third-order valence-corrected chi connectivity index (χ3v) is 4.32. The lowest BCUT2D eigenvalue weighted by Gasteiger charge is -2.30. The van der Waals surface area contributed by atoms with Crippen LogP contribution in [0.2, 0.25) is 0 Å². The van der Waals surface area contributed by atoms with Crippen LogP contribution in [0.5, 0.6) is 0 Å². The molecule has 6 nitrogen and oxygen atoms in total. The zero-order chi connectivity index (χ0) is 15.1. The quantitative estimate of drug-likeness (QED) is 0.666. The number of nitrogens with zero attached hydrogens (tertiary/aromatic N) is 4. The first-order valence-electron chi connectivity index (χ1n) is 8.12. The number of aliphatic hydroxyl groups excluding tert-OH is 1. The molecule has 1 unspecified atom stereocenters. The number of rotatable bonds is 9. The van der Waals surface area contributed by atoms with E-state index in [1.807, 2.05) is 6.33 Å². The van der Waals surface area contributed by atoms with Crippen molar-refractivity contribution in [1.82, 2.24) is 25.0 Å². The van der Waals surface area contributed by atoms with Crippen molar-refractivity contribution in [3.05, 3.63) is 12.2 Å². The van der Waals surface area contributed by atoms with Crippen LogP contribution in [0, 0.1) is 0 Å². The van der Waals surface area contributed by atoms with Crippen LogP contribution in [0.3, 0.4) is 0 Å². The first kappa shape index (κ1) is 16.4. The molecule has 1 aromatic rings. The van der Waals surface area contributed by atoms with Crippen LogP contribution in [0.4, 0.5) is 0 Å². The Kier molecular flexibility index (Phi) is 6.14. The van der Waals surface area contributed by atoms with Crippen LogP contribution < -0.4 is 5.32 Å². The van der Waals surface area contributed by atoms with Crippen molar-refractivity contribution in [2.75, 3.05) is 26.2 Å². The Balaban J connectivity index is 1.66. The summed E-state index contributed by atoms with van der Waals surface area (Å²) in [6.45, 7) is 9.53. The van der Waals surface area contributed by atoms with Crippen LogP contribution in [0.1, 0.15) is 45.4 Å². The molecule has 2 N–H and O–H groups in total. The van der Waals surface area contributed by atoms with Gasteiger partial charge in [0.25, 0.3) is 0 Å². The Morgan fingerprint density at radius 1 is 1.38 bits per heavy atom. The van der Waals surface area contributed by atoms with Gasteiger partial charge in [0.2, 0.25) is 0 Å². The van der Waals surface area contributed by atoms with Crippen LogP contribution in [0.15, 0.2) is 6.33 Å². The summed E-state index contributed by atoms with van der Waals surface area (Å²) in [4.78, 5) is 2.44. The number of nitrogens with one attached hydrogen (secondary N) is 1. The van der Waals surface area contributed by atoms with E-state index in [-0.39, 0.29) is 12.1 Å². The number of aromatic nitrogens is 3. The van der Waals surface area contributed by atoms with Gasteiger partial charge in [0, 0.05) is 18.6 Å².